The first-order valence-electron chi connectivity index (χ1n) is 5.83. The van der Waals surface area contributed by atoms with Gasteiger partial charge in [0.05, 0.1) is 12.2 Å². The summed E-state index contributed by atoms with van der Waals surface area (Å²) < 4.78 is 7.62. The second-order valence-electron chi connectivity index (χ2n) is 4.82. The minimum atomic E-state index is -0.546. The molecule has 1 saturated heterocycles. The number of aryl methyl sites for hydroxylation is 1. The van der Waals surface area contributed by atoms with Crippen LogP contribution >= 0.6 is 0 Å². The molecule has 4 nitrogen and oxygen atoms in total. The lowest BCUT2D eigenvalue weighted by Crippen LogP contribution is -2.26. The summed E-state index contributed by atoms with van der Waals surface area (Å²) in [6.45, 7) is 6.22. The van der Waals surface area contributed by atoms with Crippen molar-refractivity contribution in [1.29, 1.82) is 0 Å². The SMILES string of the molecule is CC1OC(C)C(C(O)c2nccn2C)C1C. The van der Waals surface area contributed by atoms with Crippen molar-refractivity contribution in [3.63, 3.8) is 0 Å². The number of ether oxygens (including phenoxy) is 1. The zero-order chi connectivity index (χ0) is 11.9. The summed E-state index contributed by atoms with van der Waals surface area (Å²) >= 11 is 0. The van der Waals surface area contributed by atoms with Gasteiger partial charge in [0, 0.05) is 25.4 Å². The molecule has 1 fully saturated rings. The van der Waals surface area contributed by atoms with Gasteiger partial charge in [-0.3, -0.25) is 0 Å². The maximum absolute atomic E-state index is 10.4. The van der Waals surface area contributed by atoms with E-state index in [-0.39, 0.29) is 18.1 Å². The van der Waals surface area contributed by atoms with Crippen molar-refractivity contribution < 1.29 is 9.84 Å². The molecule has 0 saturated carbocycles. The molecule has 4 heteroatoms. The van der Waals surface area contributed by atoms with Crippen molar-refractivity contribution in [2.45, 2.75) is 39.1 Å². The summed E-state index contributed by atoms with van der Waals surface area (Å²) in [6, 6.07) is 0. The molecular weight excluding hydrogens is 204 g/mol. The lowest BCUT2D eigenvalue weighted by atomic mass is 9.84. The van der Waals surface area contributed by atoms with Crippen molar-refractivity contribution in [2.75, 3.05) is 0 Å². The van der Waals surface area contributed by atoms with Crippen molar-refractivity contribution in [1.82, 2.24) is 9.55 Å². The Morgan fingerprint density at radius 2 is 2.06 bits per heavy atom. The van der Waals surface area contributed by atoms with Gasteiger partial charge in [0.25, 0.3) is 0 Å². The monoisotopic (exact) mass is 224 g/mol. The van der Waals surface area contributed by atoms with Crippen LogP contribution in [0.2, 0.25) is 0 Å². The van der Waals surface area contributed by atoms with E-state index in [0.717, 1.165) is 5.82 Å². The molecule has 0 spiro atoms. The molecule has 90 valence electrons. The highest BCUT2D eigenvalue weighted by Gasteiger charge is 2.42. The van der Waals surface area contributed by atoms with Crippen LogP contribution in [0.25, 0.3) is 0 Å². The zero-order valence-electron chi connectivity index (χ0n) is 10.3. The van der Waals surface area contributed by atoms with Crippen molar-refractivity contribution in [3.8, 4) is 0 Å². The summed E-state index contributed by atoms with van der Waals surface area (Å²) in [7, 11) is 1.90. The summed E-state index contributed by atoms with van der Waals surface area (Å²) in [5.74, 6) is 1.19. The molecule has 1 aliphatic rings. The van der Waals surface area contributed by atoms with E-state index in [0.29, 0.717) is 5.92 Å². The van der Waals surface area contributed by atoms with Crippen LogP contribution in [0.1, 0.15) is 32.7 Å². The molecule has 2 rings (SSSR count). The predicted molar refractivity (Wildman–Crippen MR) is 60.8 cm³/mol. The van der Waals surface area contributed by atoms with E-state index in [1.54, 1.807) is 6.20 Å². The van der Waals surface area contributed by atoms with E-state index in [9.17, 15) is 5.11 Å². The first-order valence-corrected chi connectivity index (χ1v) is 5.83. The topological polar surface area (TPSA) is 47.3 Å². The molecular formula is C12H20N2O2. The van der Waals surface area contributed by atoms with E-state index < -0.39 is 6.10 Å². The van der Waals surface area contributed by atoms with E-state index >= 15 is 0 Å². The minimum absolute atomic E-state index is 0.0803. The van der Waals surface area contributed by atoms with Gasteiger partial charge >= 0.3 is 0 Å². The molecule has 1 aliphatic heterocycles. The summed E-state index contributed by atoms with van der Waals surface area (Å²) in [5, 5.41) is 10.4. The molecule has 2 heterocycles. The number of aliphatic hydroxyl groups excluding tert-OH is 1. The van der Waals surface area contributed by atoms with Crippen LogP contribution < -0.4 is 0 Å². The first-order chi connectivity index (χ1) is 7.52. The van der Waals surface area contributed by atoms with Gasteiger partial charge in [-0.1, -0.05) is 6.92 Å². The van der Waals surface area contributed by atoms with E-state index in [1.807, 2.05) is 24.7 Å². The van der Waals surface area contributed by atoms with Gasteiger partial charge < -0.3 is 14.4 Å². The fourth-order valence-corrected chi connectivity index (χ4v) is 2.67. The molecule has 0 aromatic carbocycles. The van der Waals surface area contributed by atoms with Crippen LogP contribution in [0, 0.1) is 11.8 Å². The number of hydrogen-bond donors (Lipinski definition) is 1. The molecule has 5 unspecified atom stereocenters. The number of aliphatic hydroxyl groups is 1. The largest absolute Gasteiger partial charge is 0.385 e. The Kier molecular flexibility index (Phi) is 3.04. The fraction of sp³-hybridized carbons (Fsp3) is 0.750. The molecule has 0 radical (unpaired) electrons. The molecule has 5 atom stereocenters. The highest BCUT2D eigenvalue weighted by Crippen LogP contribution is 2.39. The van der Waals surface area contributed by atoms with Gasteiger partial charge in [0.15, 0.2) is 0 Å². The van der Waals surface area contributed by atoms with Crippen LogP contribution in [0.5, 0.6) is 0 Å². The third-order valence-corrected chi connectivity index (χ3v) is 3.81. The van der Waals surface area contributed by atoms with Crippen molar-refractivity contribution >= 4 is 0 Å². The number of nitrogens with zero attached hydrogens (tertiary/aromatic N) is 2. The standard InChI is InChI=1S/C12H20N2O2/c1-7-8(2)16-9(3)10(7)11(15)12-13-5-6-14(12)4/h5-11,15H,1-4H3. The highest BCUT2D eigenvalue weighted by atomic mass is 16.5. The number of aromatic nitrogens is 2. The summed E-state index contributed by atoms with van der Waals surface area (Å²) in [4.78, 5) is 4.21. The lowest BCUT2D eigenvalue weighted by Gasteiger charge is -2.24. The van der Waals surface area contributed by atoms with Gasteiger partial charge in [0.1, 0.15) is 11.9 Å². The van der Waals surface area contributed by atoms with E-state index in [2.05, 4.69) is 18.8 Å². The molecule has 1 aromatic rings. The Bertz CT molecular complexity index is 364. The second kappa shape index (κ2) is 4.18. The Morgan fingerprint density at radius 3 is 2.50 bits per heavy atom. The van der Waals surface area contributed by atoms with Crippen LogP contribution in [-0.4, -0.2) is 26.9 Å². The van der Waals surface area contributed by atoms with Crippen molar-refractivity contribution in [3.05, 3.63) is 18.2 Å². The number of hydrogen-bond acceptors (Lipinski definition) is 3. The van der Waals surface area contributed by atoms with Gasteiger partial charge in [-0.15, -0.1) is 0 Å². The molecule has 16 heavy (non-hydrogen) atoms. The van der Waals surface area contributed by atoms with Gasteiger partial charge in [-0.2, -0.15) is 0 Å². The minimum Gasteiger partial charge on any atom is -0.385 e. The molecule has 0 aliphatic carbocycles. The maximum atomic E-state index is 10.4. The number of imidazole rings is 1. The molecule has 0 amide bonds. The third-order valence-electron chi connectivity index (χ3n) is 3.81. The Morgan fingerprint density at radius 1 is 1.38 bits per heavy atom. The Balaban J connectivity index is 2.22. The second-order valence-corrected chi connectivity index (χ2v) is 4.82. The fourth-order valence-electron chi connectivity index (χ4n) is 2.67. The van der Waals surface area contributed by atoms with E-state index in [4.69, 9.17) is 4.74 Å². The summed E-state index contributed by atoms with van der Waals surface area (Å²) in [6.07, 6.45) is 3.31. The predicted octanol–water partition coefficient (Wildman–Crippen LogP) is 1.51. The third kappa shape index (κ3) is 1.76. The average molecular weight is 224 g/mol. The van der Waals surface area contributed by atoms with Crippen molar-refractivity contribution in [2.24, 2.45) is 18.9 Å². The Labute approximate surface area is 96.3 Å². The smallest absolute Gasteiger partial charge is 0.137 e. The average Bonchev–Trinajstić information content (AvgIpc) is 2.73. The van der Waals surface area contributed by atoms with Gasteiger partial charge in [0.2, 0.25) is 0 Å². The van der Waals surface area contributed by atoms with Crippen LogP contribution in [0.3, 0.4) is 0 Å². The maximum Gasteiger partial charge on any atom is 0.137 e. The summed E-state index contributed by atoms with van der Waals surface area (Å²) in [5.41, 5.74) is 0. The zero-order valence-corrected chi connectivity index (χ0v) is 10.3. The first kappa shape index (κ1) is 11.6. The van der Waals surface area contributed by atoms with Crippen LogP contribution in [0.4, 0.5) is 0 Å². The van der Waals surface area contributed by atoms with E-state index in [1.165, 1.54) is 0 Å². The molecule has 1 aromatic heterocycles. The molecule has 0 bridgehead atoms. The Hall–Kier alpha value is -0.870. The van der Waals surface area contributed by atoms with Gasteiger partial charge in [-0.25, -0.2) is 4.98 Å². The molecule has 1 N–H and O–H groups in total. The lowest BCUT2D eigenvalue weighted by molar-refractivity contribution is 0.0194. The van der Waals surface area contributed by atoms with Crippen LogP contribution in [-0.2, 0) is 11.8 Å². The highest BCUT2D eigenvalue weighted by molar-refractivity contribution is 5.02. The van der Waals surface area contributed by atoms with Crippen LogP contribution in [0.15, 0.2) is 12.4 Å². The normalized spacial score (nSPS) is 36.6. The number of rotatable bonds is 2. The van der Waals surface area contributed by atoms with Gasteiger partial charge in [-0.05, 0) is 19.8 Å². The quantitative estimate of drug-likeness (QED) is 0.828.